The summed E-state index contributed by atoms with van der Waals surface area (Å²) < 4.78 is 30.0. The number of benzene rings is 4. The molecule has 36 heavy (non-hydrogen) atoms. The second kappa shape index (κ2) is 10.4. The summed E-state index contributed by atoms with van der Waals surface area (Å²) >= 11 is 12.3. The zero-order chi connectivity index (χ0) is 25.3. The SMILES string of the molecule is C[C@H]1[C@H](NS(=O)(=O)c2ccccc2-c2ccccc2)CN1C(c1ccc(Cl)cc1)c1ccc(Cl)cc1. The molecule has 5 rings (SSSR count). The number of hydrogen-bond donors (Lipinski definition) is 1. The summed E-state index contributed by atoms with van der Waals surface area (Å²) in [7, 11) is -3.73. The average molecular weight is 538 g/mol. The summed E-state index contributed by atoms with van der Waals surface area (Å²) in [4.78, 5) is 2.58. The van der Waals surface area contributed by atoms with E-state index in [1.165, 1.54) is 0 Å². The van der Waals surface area contributed by atoms with Crippen molar-refractivity contribution in [1.82, 2.24) is 9.62 Å². The summed E-state index contributed by atoms with van der Waals surface area (Å²) in [5.41, 5.74) is 3.73. The lowest BCUT2D eigenvalue weighted by molar-refractivity contribution is 0.0370. The Morgan fingerprint density at radius 1 is 0.778 bits per heavy atom. The molecule has 1 saturated heterocycles. The smallest absolute Gasteiger partial charge is 0.241 e. The van der Waals surface area contributed by atoms with Crippen molar-refractivity contribution >= 4 is 33.2 Å². The molecule has 7 heteroatoms. The molecule has 4 aromatic rings. The molecule has 0 saturated carbocycles. The predicted molar refractivity (Wildman–Crippen MR) is 147 cm³/mol. The number of halogens is 2. The number of rotatable bonds is 7. The Balaban J connectivity index is 1.40. The van der Waals surface area contributed by atoms with Crippen LogP contribution in [-0.4, -0.2) is 31.9 Å². The number of likely N-dealkylation sites (tertiary alicyclic amines) is 1. The van der Waals surface area contributed by atoms with Gasteiger partial charge in [-0.2, -0.15) is 0 Å². The van der Waals surface area contributed by atoms with E-state index in [1.54, 1.807) is 12.1 Å². The number of sulfonamides is 1. The molecule has 0 unspecified atom stereocenters. The first-order chi connectivity index (χ1) is 17.3. The van der Waals surface area contributed by atoms with E-state index in [0.717, 1.165) is 16.7 Å². The first-order valence-electron chi connectivity index (χ1n) is 11.8. The third-order valence-corrected chi connectivity index (χ3v) is 8.84. The number of nitrogens with zero attached hydrogens (tertiary/aromatic N) is 1. The van der Waals surface area contributed by atoms with E-state index in [-0.39, 0.29) is 23.0 Å². The fraction of sp³-hybridized carbons (Fsp3) is 0.172. The van der Waals surface area contributed by atoms with Crippen LogP contribution in [0.25, 0.3) is 11.1 Å². The van der Waals surface area contributed by atoms with Gasteiger partial charge in [0.15, 0.2) is 0 Å². The quantitative estimate of drug-likeness (QED) is 0.282. The highest BCUT2D eigenvalue weighted by Gasteiger charge is 2.43. The van der Waals surface area contributed by atoms with E-state index in [1.807, 2.05) is 91.0 Å². The van der Waals surface area contributed by atoms with Crippen LogP contribution in [0.15, 0.2) is 108 Å². The molecule has 4 aromatic carbocycles. The molecule has 1 heterocycles. The van der Waals surface area contributed by atoms with Gasteiger partial charge in [-0.3, -0.25) is 4.90 Å². The molecule has 0 amide bonds. The second-order valence-corrected chi connectivity index (χ2v) is 11.6. The molecule has 0 aliphatic carbocycles. The highest BCUT2D eigenvalue weighted by atomic mass is 35.5. The monoisotopic (exact) mass is 536 g/mol. The van der Waals surface area contributed by atoms with Gasteiger partial charge in [0.1, 0.15) is 0 Å². The molecule has 1 N–H and O–H groups in total. The summed E-state index contributed by atoms with van der Waals surface area (Å²) in [6.45, 7) is 2.63. The van der Waals surface area contributed by atoms with Crippen molar-refractivity contribution in [3.8, 4) is 11.1 Å². The van der Waals surface area contributed by atoms with E-state index in [4.69, 9.17) is 23.2 Å². The standard InChI is InChI=1S/C29H26Cl2N2O2S/c1-20-27(32-36(34,35)28-10-6-5-9-26(28)21-7-3-2-4-8-21)19-33(20)29(22-11-15-24(30)16-12-22)23-13-17-25(31)18-14-23/h2-18,20,27,29,32H,19H2,1H3/t20-,27+/m0/s1. The highest BCUT2D eigenvalue weighted by Crippen LogP contribution is 2.37. The summed E-state index contributed by atoms with van der Waals surface area (Å²) in [5.74, 6) is 0. The zero-order valence-electron chi connectivity index (χ0n) is 19.7. The lowest BCUT2D eigenvalue weighted by Crippen LogP contribution is -2.66. The van der Waals surface area contributed by atoms with Gasteiger partial charge in [0, 0.05) is 28.2 Å². The Labute approximate surface area is 222 Å². The van der Waals surface area contributed by atoms with Crippen LogP contribution in [0.2, 0.25) is 10.0 Å². The normalized spacial score (nSPS) is 18.2. The highest BCUT2D eigenvalue weighted by molar-refractivity contribution is 7.89. The summed E-state index contributed by atoms with van der Waals surface area (Å²) in [5, 5.41) is 1.35. The van der Waals surface area contributed by atoms with Gasteiger partial charge in [0.25, 0.3) is 0 Å². The maximum Gasteiger partial charge on any atom is 0.241 e. The van der Waals surface area contributed by atoms with E-state index in [2.05, 4.69) is 16.5 Å². The first-order valence-corrected chi connectivity index (χ1v) is 14.0. The Hall–Kier alpha value is -2.67. The maximum atomic E-state index is 13.5. The zero-order valence-corrected chi connectivity index (χ0v) is 22.0. The van der Waals surface area contributed by atoms with Gasteiger partial charge >= 0.3 is 0 Å². The predicted octanol–water partition coefficient (Wildman–Crippen LogP) is 6.80. The second-order valence-electron chi connectivity index (χ2n) is 9.03. The summed E-state index contributed by atoms with van der Waals surface area (Å²) in [6.07, 6.45) is 0. The van der Waals surface area contributed by atoms with Crippen LogP contribution in [-0.2, 0) is 10.0 Å². The number of nitrogens with one attached hydrogen (secondary N) is 1. The van der Waals surface area contributed by atoms with Crippen molar-refractivity contribution < 1.29 is 8.42 Å². The van der Waals surface area contributed by atoms with E-state index in [9.17, 15) is 8.42 Å². The maximum absolute atomic E-state index is 13.5. The minimum atomic E-state index is -3.73. The fourth-order valence-electron chi connectivity index (χ4n) is 4.80. The van der Waals surface area contributed by atoms with E-state index >= 15 is 0 Å². The minimum Gasteiger partial charge on any atom is -0.286 e. The molecule has 1 aliphatic rings. The third-order valence-electron chi connectivity index (χ3n) is 6.78. The Kier molecular flexibility index (Phi) is 7.20. The van der Waals surface area contributed by atoms with Crippen LogP contribution in [0.3, 0.4) is 0 Å². The lowest BCUT2D eigenvalue weighted by Gasteiger charge is -2.50. The molecule has 0 aromatic heterocycles. The summed E-state index contributed by atoms with van der Waals surface area (Å²) in [6, 6.07) is 32.0. The largest absolute Gasteiger partial charge is 0.286 e. The topological polar surface area (TPSA) is 49.4 Å². The minimum absolute atomic E-state index is 0.0278. The Morgan fingerprint density at radius 3 is 1.86 bits per heavy atom. The van der Waals surface area contributed by atoms with Crippen molar-refractivity contribution in [2.24, 2.45) is 0 Å². The molecule has 0 radical (unpaired) electrons. The van der Waals surface area contributed by atoms with Crippen LogP contribution < -0.4 is 4.72 Å². The van der Waals surface area contributed by atoms with Crippen molar-refractivity contribution in [3.63, 3.8) is 0 Å². The third kappa shape index (κ3) is 5.08. The Bertz CT molecular complexity index is 1400. The molecular formula is C29H26Cl2N2O2S. The number of hydrogen-bond acceptors (Lipinski definition) is 3. The van der Waals surface area contributed by atoms with Gasteiger partial charge in [-0.1, -0.05) is 96.0 Å². The molecule has 4 nitrogen and oxygen atoms in total. The molecular weight excluding hydrogens is 511 g/mol. The lowest BCUT2D eigenvalue weighted by atomic mass is 9.89. The van der Waals surface area contributed by atoms with Gasteiger partial charge in [0.2, 0.25) is 10.0 Å². The van der Waals surface area contributed by atoms with Crippen LogP contribution in [0.5, 0.6) is 0 Å². The van der Waals surface area contributed by atoms with Crippen molar-refractivity contribution in [2.45, 2.75) is 29.9 Å². The first kappa shape index (κ1) is 25.0. The van der Waals surface area contributed by atoms with E-state index < -0.39 is 10.0 Å². The van der Waals surface area contributed by atoms with Crippen LogP contribution in [0, 0.1) is 0 Å². The Morgan fingerprint density at radius 2 is 1.31 bits per heavy atom. The van der Waals surface area contributed by atoms with Crippen LogP contribution in [0.1, 0.15) is 24.1 Å². The molecule has 1 aliphatic heterocycles. The van der Waals surface area contributed by atoms with Crippen molar-refractivity contribution in [2.75, 3.05) is 6.54 Å². The van der Waals surface area contributed by atoms with E-state index in [0.29, 0.717) is 22.2 Å². The van der Waals surface area contributed by atoms with Gasteiger partial charge in [-0.25, -0.2) is 13.1 Å². The molecule has 0 bridgehead atoms. The molecule has 0 spiro atoms. The molecule has 184 valence electrons. The fourth-order valence-corrected chi connectivity index (χ4v) is 6.58. The van der Waals surface area contributed by atoms with Crippen LogP contribution >= 0.6 is 23.2 Å². The molecule has 1 fully saturated rings. The van der Waals surface area contributed by atoms with Crippen molar-refractivity contribution in [1.29, 1.82) is 0 Å². The van der Waals surface area contributed by atoms with Gasteiger partial charge < -0.3 is 0 Å². The van der Waals surface area contributed by atoms with Crippen LogP contribution in [0.4, 0.5) is 0 Å². The van der Waals surface area contributed by atoms with Gasteiger partial charge in [0.05, 0.1) is 17.0 Å². The van der Waals surface area contributed by atoms with Gasteiger partial charge in [-0.05, 0) is 53.9 Å². The van der Waals surface area contributed by atoms with Gasteiger partial charge in [-0.15, -0.1) is 0 Å². The van der Waals surface area contributed by atoms with Crippen molar-refractivity contribution in [3.05, 3.63) is 124 Å². The molecule has 2 atom stereocenters. The average Bonchev–Trinajstić information content (AvgIpc) is 2.90.